The minimum absolute atomic E-state index is 0.102. The second kappa shape index (κ2) is 5.68. The lowest BCUT2D eigenvalue weighted by Crippen LogP contribution is -2.06. The average molecular weight is 314 g/mol. The van der Waals surface area contributed by atoms with Gasteiger partial charge in [-0.3, -0.25) is 4.79 Å². The number of aromatic nitrogens is 1. The number of ether oxygens (including phenoxy) is 1. The summed E-state index contributed by atoms with van der Waals surface area (Å²) in [6.45, 7) is 1.31. The van der Waals surface area contributed by atoms with E-state index in [2.05, 4.69) is 9.72 Å². The smallest absolute Gasteiger partial charge is 0.358 e. The number of halogens is 2. The highest BCUT2D eigenvalue weighted by Gasteiger charge is 2.23. The summed E-state index contributed by atoms with van der Waals surface area (Å²) in [4.78, 5) is 27.2. The number of ketones is 1. The normalized spacial score (nSPS) is 10.4. The molecular formula is C13H9ClFNO3S. The maximum Gasteiger partial charge on any atom is 0.358 e. The second-order valence-corrected chi connectivity index (χ2v) is 5.30. The number of Topliss-reactive ketones (excluding diaryl/α,β-unsaturated/α-hetero) is 1. The number of carbonyl (C=O) groups excluding carboxylic acids is 2. The van der Waals surface area contributed by atoms with Gasteiger partial charge in [-0.25, -0.2) is 14.2 Å². The molecule has 0 aliphatic heterocycles. The lowest BCUT2D eigenvalue weighted by atomic mass is 10.2. The molecule has 4 nitrogen and oxygen atoms in total. The Labute approximate surface area is 123 Å². The highest BCUT2D eigenvalue weighted by atomic mass is 35.5. The summed E-state index contributed by atoms with van der Waals surface area (Å²) < 4.78 is 18.4. The monoisotopic (exact) mass is 313 g/mol. The summed E-state index contributed by atoms with van der Waals surface area (Å²) in [5.74, 6) is -1.63. The highest BCUT2D eigenvalue weighted by Crippen LogP contribution is 2.31. The number of rotatable bonds is 3. The third-order valence-electron chi connectivity index (χ3n) is 2.49. The van der Waals surface area contributed by atoms with Crippen LogP contribution in [0, 0.1) is 5.82 Å². The van der Waals surface area contributed by atoms with Gasteiger partial charge in [-0.15, -0.1) is 11.3 Å². The molecule has 0 saturated carbocycles. The first kappa shape index (κ1) is 14.6. The van der Waals surface area contributed by atoms with Crippen LogP contribution in [0.2, 0.25) is 5.02 Å². The maximum atomic E-state index is 13.8. The van der Waals surface area contributed by atoms with Crippen molar-refractivity contribution >= 4 is 34.7 Å². The van der Waals surface area contributed by atoms with E-state index in [0.29, 0.717) is 0 Å². The number of benzene rings is 1. The summed E-state index contributed by atoms with van der Waals surface area (Å²) in [5, 5.41) is 0.479. The predicted molar refractivity (Wildman–Crippen MR) is 73.9 cm³/mol. The Bertz CT molecular complexity index is 699. The van der Waals surface area contributed by atoms with Crippen molar-refractivity contribution < 1.29 is 18.7 Å². The van der Waals surface area contributed by atoms with Gasteiger partial charge in [-0.05, 0) is 18.2 Å². The van der Waals surface area contributed by atoms with Gasteiger partial charge in [-0.1, -0.05) is 11.6 Å². The Kier molecular flexibility index (Phi) is 4.15. The third-order valence-corrected chi connectivity index (χ3v) is 3.91. The summed E-state index contributed by atoms with van der Waals surface area (Å²) in [6.07, 6.45) is 0. The summed E-state index contributed by atoms with van der Waals surface area (Å²) in [6, 6.07) is 4.09. The van der Waals surface area contributed by atoms with Crippen LogP contribution < -0.4 is 0 Å². The molecule has 2 aromatic rings. The summed E-state index contributed by atoms with van der Waals surface area (Å²) in [5.41, 5.74) is 0.0754. The molecular weight excluding hydrogens is 305 g/mol. The molecule has 0 radical (unpaired) electrons. The number of thiazole rings is 1. The first-order valence-electron chi connectivity index (χ1n) is 5.49. The van der Waals surface area contributed by atoms with E-state index in [0.717, 1.165) is 17.4 Å². The molecule has 0 amide bonds. The lowest BCUT2D eigenvalue weighted by Gasteiger charge is -1.98. The number of nitrogens with zero attached hydrogens (tertiary/aromatic N) is 1. The molecule has 1 heterocycles. The zero-order chi connectivity index (χ0) is 14.9. The molecule has 0 unspecified atom stereocenters. The molecule has 20 heavy (non-hydrogen) atoms. The SMILES string of the molecule is COC(=O)c1nc(-c2ccc(Cl)cc2F)sc1C(C)=O. The van der Waals surface area contributed by atoms with Crippen LogP contribution in [0.4, 0.5) is 4.39 Å². The number of hydrogen-bond donors (Lipinski definition) is 0. The van der Waals surface area contributed by atoms with Gasteiger partial charge < -0.3 is 4.74 Å². The maximum absolute atomic E-state index is 13.8. The van der Waals surface area contributed by atoms with Gasteiger partial charge in [0.15, 0.2) is 11.5 Å². The van der Waals surface area contributed by atoms with Crippen molar-refractivity contribution in [3.05, 3.63) is 39.6 Å². The third kappa shape index (κ3) is 2.71. The van der Waals surface area contributed by atoms with Crippen LogP contribution in [0.5, 0.6) is 0 Å². The van der Waals surface area contributed by atoms with E-state index in [9.17, 15) is 14.0 Å². The molecule has 0 N–H and O–H groups in total. The molecule has 0 spiro atoms. The van der Waals surface area contributed by atoms with Crippen LogP contribution in [-0.2, 0) is 4.74 Å². The molecule has 0 fully saturated rings. The van der Waals surface area contributed by atoms with Crippen LogP contribution >= 0.6 is 22.9 Å². The fraction of sp³-hybridized carbons (Fsp3) is 0.154. The van der Waals surface area contributed by atoms with Crippen molar-refractivity contribution in [2.45, 2.75) is 6.92 Å². The Morgan fingerprint density at radius 1 is 1.40 bits per heavy atom. The van der Waals surface area contributed by atoms with E-state index in [1.165, 1.54) is 26.2 Å². The van der Waals surface area contributed by atoms with Crippen LogP contribution in [0.1, 0.15) is 27.1 Å². The Morgan fingerprint density at radius 2 is 2.10 bits per heavy atom. The predicted octanol–water partition coefficient (Wildman–Crippen LogP) is 3.59. The number of hydrogen-bond acceptors (Lipinski definition) is 5. The molecule has 104 valence electrons. The number of carbonyl (C=O) groups is 2. The summed E-state index contributed by atoms with van der Waals surface area (Å²) in [7, 11) is 1.19. The number of esters is 1. The van der Waals surface area contributed by atoms with Crippen LogP contribution in [-0.4, -0.2) is 23.8 Å². The minimum Gasteiger partial charge on any atom is -0.464 e. The van der Waals surface area contributed by atoms with E-state index >= 15 is 0 Å². The first-order valence-corrected chi connectivity index (χ1v) is 6.69. The molecule has 1 aromatic carbocycles. The van der Waals surface area contributed by atoms with Crippen LogP contribution in [0.25, 0.3) is 10.6 Å². The topological polar surface area (TPSA) is 56.3 Å². The molecule has 0 aliphatic carbocycles. The molecule has 1 aromatic heterocycles. The average Bonchev–Trinajstić information content (AvgIpc) is 2.82. The largest absolute Gasteiger partial charge is 0.464 e. The van der Waals surface area contributed by atoms with E-state index in [-0.39, 0.29) is 31.9 Å². The zero-order valence-electron chi connectivity index (χ0n) is 10.6. The van der Waals surface area contributed by atoms with Gasteiger partial charge in [0.2, 0.25) is 0 Å². The first-order chi connectivity index (χ1) is 9.43. The van der Waals surface area contributed by atoms with Gasteiger partial charge in [0, 0.05) is 17.5 Å². The van der Waals surface area contributed by atoms with Gasteiger partial charge in [0.1, 0.15) is 15.7 Å². The molecule has 0 aliphatic rings. The zero-order valence-corrected chi connectivity index (χ0v) is 12.1. The van der Waals surface area contributed by atoms with Crippen LogP contribution in [0.15, 0.2) is 18.2 Å². The van der Waals surface area contributed by atoms with E-state index < -0.39 is 11.8 Å². The van der Waals surface area contributed by atoms with E-state index in [1.54, 1.807) is 0 Å². The van der Waals surface area contributed by atoms with Gasteiger partial charge >= 0.3 is 5.97 Å². The van der Waals surface area contributed by atoms with E-state index in [1.807, 2.05) is 0 Å². The quantitative estimate of drug-likeness (QED) is 0.642. The van der Waals surface area contributed by atoms with Gasteiger partial charge in [0.25, 0.3) is 0 Å². The van der Waals surface area contributed by atoms with E-state index in [4.69, 9.17) is 11.6 Å². The Morgan fingerprint density at radius 3 is 2.65 bits per heavy atom. The minimum atomic E-state index is -0.730. The summed E-state index contributed by atoms with van der Waals surface area (Å²) >= 11 is 6.62. The highest BCUT2D eigenvalue weighted by molar-refractivity contribution is 7.17. The van der Waals surface area contributed by atoms with Crippen molar-refractivity contribution in [2.75, 3.05) is 7.11 Å². The van der Waals surface area contributed by atoms with Crippen molar-refractivity contribution in [3.8, 4) is 10.6 Å². The van der Waals surface area contributed by atoms with Gasteiger partial charge in [-0.2, -0.15) is 0 Å². The van der Waals surface area contributed by atoms with Crippen molar-refractivity contribution in [1.29, 1.82) is 0 Å². The number of methoxy groups -OCH3 is 1. The second-order valence-electron chi connectivity index (χ2n) is 3.87. The van der Waals surface area contributed by atoms with Crippen molar-refractivity contribution in [2.24, 2.45) is 0 Å². The standard InChI is InChI=1S/C13H9ClFNO3S/c1-6(17)11-10(13(18)19-2)16-12(20-11)8-4-3-7(14)5-9(8)15/h3-5H,1-2H3. The lowest BCUT2D eigenvalue weighted by molar-refractivity contribution is 0.0591. The molecule has 0 bridgehead atoms. The van der Waals surface area contributed by atoms with Crippen molar-refractivity contribution in [3.63, 3.8) is 0 Å². The Hall–Kier alpha value is -1.79. The Balaban J connectivity index is 2.58. The van der Waals surface area contributed by atoms with Gasteiger partial charge in [0.05, 0.1) is 7.11 Å². The van der Waals surface area contributed by atoms with Crippen LogP contribution in [0.3, 0.4) is 0 Å². The molecule has 7 heteroatoms. The molecule has 0 saturated heterocycles. The molecule has 0 atom stereocenters. The molecule has 2 rings (SSSR count). The fourth-order valence-corrected chi connectivity index (χ4v) is 2.71. The van der Waals surface area contributed by atoms with Crippen molar-refractivity contribution in [1.82, 2.24) is 4.98 Å². The fourth-order valence-electron chi connectivity index (χ4n) is 1.57.